The zero-order chi connectivity index (χ0) is 19.1. The first kappa shape index (κ1) is 19.6. The van der Waals surface area contributed by atoms with Crippen LogP contribution in [0.5, 0.6) is 0 Å². The van der Waals surface area contributed by atoms with Crippen molar-refractivity contribution >= 4 is 11.9 Å². The summed E-state index contributed by atoms with van der Waals surface area (Å²) in [5.41, 5.74) is 0.249. The quantitative estimate of drug-likeness (QED) is 0.692. The maximum absolute atomic E-state index is 13.2. The van der Waals surface area contributed by atoms with Crippen LogP contribution in [0.2, 0.25) is 0 Å². The van der Waals surface area contributed by atoms with Gasteiger partial charge in [-0.3, -0.25) is 9.69 Å². The molecule has 3 rings (SSSR count). The molecule has 2 fully saturated rings. The van der Waals surface area contributed by atoms with E-state index in [1.807, 2.05) is 35.2 Å². The molecule has 1 heterocycles. The Morgan fingerprint density at radius 3 is 2.33 bits per heavy atom. The number of hydrogen-bond donors (Lipinski definition) is 3. The van der Waals surface area contributed by atoms with Crippen molar-refractivity contribution < 1.29 is 14.7 Å². The number of amides is 3. The first-order valence-corrected chi connectivity index (χ1v) is 9.85. The van der Waals surface area contributed by atoms with E-state index in [1.54, 1.807) is 0 Å². The average Bonchev–Trinajstić information content (AvgIpc) is 3.17. The van der Waals surface area contributed by atoms with Crippen LogP contribution in [0.1, 0.15) is 31.2 Å². The summed E-state index contributed by atoms with van der Waals surface area (Å²) in [5, 5.41) is 14.9. The van der Waals surface area contributed by atoms with Crippen LogP contribution in [0.4, 0.5) is 4.79 Å². The van der Waals surface area contributed by atoms with Crippen molar-refractivity contribution in [3.63, 3.8) is 0 Å². The lowest BCUT2D eigenvalue weighted by Gasteiger charge is -2.40. The van der Waals surface area contributed by atoms with Gasteiger partial charge in [-0.05, 0) is 18.4 Å². The number of aliphatic hydroxyl groups is 1. The molecule has 1 saturated carbocycles. The zero-order valence-electron chi connectivity index (χ0n) is 15.8. The Hall–Kier alpha value is -2.12. The van der Waals surface area contributed by atoms with Gasteiger partial charge in [0.2, 0.25) is 5.91 Å². The number of piperazine rings is 1. The lowest BCUT2D eigenvalue weighted by molar-refractivity contribution is -0.139. The van der Waals surface area contributed by atoms with Crippen LogP contribution < -0.4 is 10.6 Å². The minimum absolute atomic E-state index is 0.0403. The highest BCUT2D eigenvalue weighted by molar-refractivity contribution is 5.91. The highest BCUT2D eigenvalue weighted by atomic mass is 16.3. The lowest BCUT2D eigenvalue weighted by atomic mass is 9.95. The van der Waals surface area contributed by atoms with Gasteiger partial charge in [-0.25, -0.2) is 4.79 Å². The molecule has 1 saturated heterocycles. The van der Waals surface area contributed by atoms with Crippen molar-refractivity contribution in [2.45, 2.75) is 37.8 Å². The normalized spacial score (nSPS) is 19.7. The molecular formula is C20H30N4O3. The molecule has 0 spiro atoms. The van der Waals surface area contributed by atoms with Gasteiger partial charge in [0.1, 0.15) is 5.54 Å². The van der Waals surface area contributed by atoms with E-state index >= 15 is 0 Å². The van der Waals surface area contributed by atoms with Crippen LogP contribution in [0.25, 0.3) is 0 Å². The largest absolute Gasteiger partial charge is 0.395 e. The topological polar surface area (TPSA) is 84.9 Å². The van der Waals surface area contributed by atoms with E-state index in [0.29, 0.717) is 39.0 Å². The molecule has 7 nitrogen and oxygen atoms in total. The minimum Gasteiger partial charge on any atom is -0.395 e. The molecule has 1 aliphatic carbocycles. The van der Waals surface area contributed by atoms with Crippen molar-refractivity contribution in [1.29, 1.82) is 0 Å². The summed E-state index contributed by atoms with van der Waals surface area (Å²) in [6, 6.07) is 9.45. The van der Waals surface area contributed by atoms with E-state index in [2.05, 4.69) is 15.5 Å². The maximum Gasteiger partial charge on any atom is 0.315 e. The summed E-state index contributed by atoms with van der Waals surface area (Å²) >= 11 is 0. The molecule has 1 aromatic carbocycles. The van der Waals surface area contributed by atoms with Gasteiger partial charge in [0.25, 0.3) is 0 Å². The van der Waals surface area contributed by atoms with E-state index < -0.39 is 5.54 Å². The molecule has 0 atom stereocenters. The molecule has 27 heavy (non-hydrogen) atoms. The Morgan fingerprint density at radius 2 is 1.70 bits per heavy atom. The summed E-state index contributed by atoms with van der Waals surface area (Å²) < 4.78 is 0. The average molecular weight is 374 g/mol. The fourth-order valence-electron chi connectivity index (χ4n) is 4.03. The van der Waals surface area contributed by atoms with Crippen LogP contribution in [0.3, 0.4) is 0 Å². The molecular weight excluding hydrogens is 344 g/mol. The van der Waals surface area contributed by atoms with Gasteiger partial charge >= 0.3 is 6.03 Å². The third-order valence-corrected chi connectivity index (χ3v) is 5.59. The molecule has 1 aromatic rings. The van der Waals surface area contributed by atoms with Crippen molar-refractivity contribution in [3.05, 3.63) is 35.9 Å². The van der Waals surface area contributed by atoms with E-state index in [0.717, 1.165) is 31.5 Å². The van der Waals surface area contributed by atoms with Gasteiger partial charge in [-0.2, -0.15) is 0 Å². The van der Waals surface area contributed by atoms with Crippen LogP contribution >= 0.6 is 0 Å². The molecule has 3 amide bonds. The van der Waals surface area contributed by atoms with E-state index in [1.165, 1.54) is 0 Å². The number of rotatable bonds is 6. The standard InChI is InChI=1S/C20H30N4O3/c25-15-14-23-10-12-24(13-11-23)18(26)20(8-4-5-9-20)22-19(27)21-16-17-6-2-1-3-7-17/h1-3,6-7,25H,4-5,8-16H2,(H2,21,22,27). The van der Waals surface area contributed by atoms with Crippen LogP contribution in [-0.2, 0) is 11.3 Å². The van der Waals surface area contributed by atoms with Gasteiger partial charge in [-0.15, -0.1) is 0 Å². The molecule has 1 aliphatic heterocycles. The van der Waals surface area contributed by atoms with Gasteiger partial charge in [-0.1, -0.05) is 43.2 Å². The number of nitrogens with zero attached hydrogens (tertiary/aromatic N) is 2. The Labute approximate surface area is 160 Å². The van der Waals surface area contributed by atoms with E-state index in [4.69, 9.17) is 5.11 Å². The van der Waals surface area contributed by atoms with Gasteiger partial charge in [0, 0.05) is 39.3 Å². The molecule has 0 radical (unpaired) electrons. The molecule has 0 bridgehead atoms. The first-order valence-electron chi connectivity index (χ1n) is 9.85. The second-order valence-corrected chi connectivity index (χ2v) is 7.44. The fourth-order valence-corrected chi connectivity index (χ4v) is 4.03. The van der Waals surface area contributed by atoms with Gasteiger partial charge < -0.3 is 20.6 Å². The number of nitrogens with one attached hydrogen (secondary N) is 2. The van der Waals surface area contributed by atoms with Gasteiger partial charge in [0.15, 0.2) is 0 Å². The first-order chi connectivity index (χ1) is 13.1. The minimum atomic E-state index is -0.778. The number of carbonyl (C=O) groups is 2. The smallest absolute Gasteiger partial charge is 0.315 e. The number of hydrogen-bond acceptors (Lipinski definition) is 4. The van der Waals surface area contributed by atoms with Crippen molar-refractivity contribution in [2.24, 2.45) is 0 Å². The summed E-state index contributed by atoms with van der Waals surface area (Å²) in [4.78, 5) is 29.7. The van der Waals surface area contributed by atoms with Crippen molar-refractivity contribution in [1.82, 2.24) is 20.4 Å². The number of carbonyl (C=O) groups excluding carboxylic acids is 2. The Bertz CT molecular complexity index is 623. The van der Waals surface area contributed by atoms with Gasteiger partial charge in [0.05, 0.1) is 6.61 Å². The molecule has 0 aromatic heterocycles. The second-order valence-electron chi connectivity index (χ2n) is 7.44. The number of aliphatic hydroxyl groups excluding tert-OH is 1. The van der Waals surface area contributed by atoms with Crippen molar-refractivity contribution in [2.75, 3.05) is 39.3 Å². The predicted molar refractivity (Wildman–Crippen MR) is 103 cm³/mol. The summed E-state index contributed by atoms with van der Waals surface area (Å²) in [5.74, 6) is 0.0403. The SMILES string of the molecule is O=C(NCc1ccccc1)NC1(C(=O)N2CCN(CCO)CC2)CCCC1. The fraction of sp³-hybridized carbons (Fsp3) is 0.600. The second kappa shape index (κ2) is 9.19. The predicted octanol–water partition coefficient (Wildman–Crippen LogP) is 0.935. The highest BCUT2D eigenvalue weighted by Gasteiger charge is 2.45. The van der Waals surface area contributed by atoms with Crippen molar-refractivity contribution in [3.8, 4) is 0 Å². The molecule has 3 N–H and O–H groups in total. The summed E-state index contributed by atoms with van der Waals surface area (Å²) in [7, 11) is 0. The number of urea groups is 1. The van der Waals surface area contributed by atoms with Crippen LogP contribution in [0.15, 0.2) is 30.3 Å². The monoisotopic (exact) mass is 374 g/mol. The summed E-state index contributed by atoms with van der Waals surface area (Å²) in [6.07, 6.45) is 3.30. The van der Waals surface area contributed by atoms with Crippen LogP contribution in [-0.4, -0.2) is 71.7 Å². The third-order valence-electron chi connectivity index (χ3n) is 5.59. The molecule has 7 heteroatoms. The highest BCUT2D eigenvalue weighted by Crippen LogP contribution is 2.32. The number of β-amino-alcohol motifs (C(OH)–C–C–N with tert-alkyl or cyclic N) is 1. The Kier molecular flexibility index (Phi) is 6.68. The Balaban J connectivity index is 1.56. The maximum atomic E-state index is 13.2. The summed E-state index contributed by atoms with van der Waals surface area (Å²) in [6.45, 7) is 4.05. The lowest BCUT2D eigenvalue weighted by Crippen LogP contribution is -2.62. The molecule has 2 aliphatic rings. The van der Waals surface area contributed by atoms with E-state index in [9.17, 15) is 9.59 Å². The zero-order valence-corrected chi connectivity index (χ0v) is 15.8. The number of benzene rings is 1. The molecule has 0 unspecified atom stereocenters. The van der Waals surface area contributed by atoms with E-state index in [-0.39, 0.29) is 18.5 Å². The Morgan fingerprint density at radius 1 is 1.04 bits per heavy atom. The molecule has 148 valence electrons. The third kappa shape index (κ3) is 4.99. The van der Waals surface area contributed by atoms with Crippen LogP contribution in [0, 0.1) is 0 Å².